The number of fused-ring (bicyclic) bond motifs is 2. The second kappa shape index (κ2) is 10.9. The Bertz CT molecular complexity index is 1760. The highest BCUT2D eigenvalue weighted by Crippen LogP contribution is 2.28. The fraction of sp³-hybridized carbons (Fsp3) is 0.345. The summed E-state index contributed by atoms with van der Waals surface area (Å²) < 4.78 is 5.25. The Morgan fingerprint density at radius 2 is 1.85 bits per heavy atom. The van der Waals surface area contributed by atoms with Crippen LogP contribution in [-0.4, -0.2) is 52.8 Å². The van der Waals surface area contributed by atoms with Crippen LogP contribution < -0.4 is 11.0 Å². The lowest BCUT2D eigenvalue weighted by molar-refractivity contribution is 0.0919. The van der Waals surface area contributed by atoms with Crippen LogP contribution in [0.15, 0.2) is 59.5 Å². The standard InChI is InChI=1S/C29H30ClN7O3/c1-18-23(14-20(30)16-31-18)28(39)32-21-8-6-19(7-9-21)17-35-26-4-2-3-5-27(26)37(29(35)40)22-10-11-25-24(15-22)33-34-36(25)12-13-38/h2-5,10-11,14-16,19,21,38H,6-9,12-13,17H2,1H3,(H,32,39). The number of pyridine rings is 1. The van der Waals surface area contributed by atoms with Gasteiger partial charge in [0.1, 0.15) is 5.52 Å². The molecule has 1 fully saturated rings. The summed E-state index contributed by atoms with van der Waals surface area (Å²) in [5, 5.41) is 21.2. The molecule has 3 aromatic heterocycles. The molecule has 0 spiro atoms. The van der Waals surface area contributed by atoms with Gasteiger partial charge >= 0.3 is 5.69 Å². The second-order valence-electron chi connectivity index (χ2n) is 10.4. The van der Waals surface area contributed by atoms with Crippen LogP contribution in [0.4, 0.5) is 0 Å². The molecule has 0 aliphatic heterocycles. The smallest absolute Gasteiger partial charge is 0.333 e. The third-order valence-electron chi connectivity index (χ3n) is 7.82. The molecule has 2 N–H and O–H groups in total. The number of aromatic nitrogens is 6. The number of rotatable bonds is 7. The molecule has 1 aliphatic carbocycles. The molecule has 0 radical (unpaired) electrons. The predicted octanol–water partition coefficient (Wildman–Crippen LogP) is 3.87. The maximum atomic E-state index is 13.8. The lowest BCUT2D eigenvalue weighted by atomic mass is 9.85. The van der Waals surface area contributed by atoms with Crippen molar-refractivity contribution < 1.29 is 9.90 Å². The fourth-order valence-corrected chi connectivity index (χ4v) is 5.90. The Morgan fingerprint density at radius 1 is 1.07 bits per heavy atom. The van der Waals surface area contributed by atoms with Gasteiger partial charge in [-0.05, 0) is 74.9 Å². The summed E-state index contributed by atoms with van der Waals surface area (Å²) in [6.45, 7) is 2.74. The Morgan fingerprint density at radius 3 is 2.62 bits per heavy atom. The number of nitrogens with zero attached hydrogens (tertiary/aromatic N) is 6. The number of benzene rings is 2. The van der Waals surface area contributed by atoms with Crippen molar-refractivity contribution in [3.05, 3.63) is 81.5 Å². The number of hydrogen-bond donors (Lipinski definition) is 2. The van der Waals surface area contributed by atoms with Crippen LogP contribution in [0.2, 0.25) is 5.02 Å². The number of amides is 1. The van der Waals surface area contributed by atoms with Gasteiger partial charge in [0.05, 0.1) is 51.7 Å². The molecular weight excluding hydrogens is 530 g/mol. The van der Waals surface area contributed by atoms with Crippen molar-refractivity contribution in [2.45, 2.75) is 51.7 Å². The van der Waals surface area contributed by atoms with Crippen LogP contribution in [0.5, 0.6) is 0 Å². The largest absolute Gasteiger partial charge is 0.394 e. The summed E-state index contributed by atoms with van der Waals surface area (Å²) in [4.78, 5) is 30.8. The van der Waals surface area contributed by atoms with Crippen molar-refractivity contribution in [3.63, 3.8) is 0 Å². The monoisotopic (exact) mass is 559 g/mol. The van der Waals surface area contributed by atoms with E-state index in [-0.39, 0.29) is 24.2 Å². The average Bonchev–Trinajstić information content (AvgIpc) is 3.48. The van der Waals surface area contributed by atoms with Gasteiger partial charge in [-0.25, -0.2) is 9.48 Å². The fourth-order valence-electron chi connectivity index (χ4n) is 5.74. The van der Waals surface area contributed by atoms with Crippen LogP contribution >= 0.6 is 11.6 Å². The van der Waals surface area contributed by atoms with Gasteiger partial charge in [0.25, 0.3) is 5.91 Å². The molecule has 206 valence electrons. The summed E-state index contributed by atoms with van der Waals surface area (Å²) in [6, 6.07) is 15.2. The quantitative estimate of drug-likeness (QED) is 0.312. The number of aliphatic hydroxyl groups is 1. The Labute approximate surface area is 235 Å². The molecule has 0 unspecified atom stereocenters. The first-order valence-electron chi connectivity index (χ1n) is 13.5. The number of carbonyl (C=O) groups is 1. The first kappa shape index (κ1) is 26.2. The number of para-hydroxylation sites is 2. The van der Waals surface area contributed by atoms with Crippen molar-refractivity contribution in [3.8, 4) is 5.69 Å². The third kappa shape index (κ3) is 4.89. The van der Waals surface area contributed by atoms with Crippen molar-refractivity contribution in [2.75, 3.05) is 6.61 Å². The van der Waals surface area contributed by atoms with E-state index in [1.54, 1.807) is 28.4 Å². The van der Waals surface area contributed by atoms with Crippen LogP contribution in [0.3, 0.4) is 0 Å². The number of aliphatic hydroxyl groups excluding tert-OH is 1. The van der Waals surface area contributed by atoms with E-state index < -0.39 is 0 Å². The maximum absolute atomic E-state index is 13.8. The number of halogens is 1. The maximum Gasteiger partial charge on any atom is 0.333 e. The molecule has 1 amide bonds. The zero-order valence-electron chi connectivity index (χ0n) is 22.1. The molecular formula is C29H30ClN7O3. The van der Waals surface area contributed by atoms with Gasteiger partial charge in [-0.1, -0.05) is 28.9 Å². The first-order valence-corrected chi connectivity index (χ1v) is 13.9. The van der Waals surface area contributed by atoms with Gasteiger partial charge in [0.15, 0.2) is 0 Å². The van der Waals surface area contributed by atoms with Crippen LogP contribution in [0.1, 0.15) is 41.7 Å². The van der Waals surface area contributed by atoms with Crippen molar-refractivity contribution in [1.82, 2.24) is 34.4 Å². The number of aryl methyl sites for hydroxylation is 1. The molecule has 0 bridgehead atoms. The number of hydrogen-bond acceptors (Lipinski definition) is 6. The van der Waals surface area contributed by atoms with Gasteiger partial charge in [-0.15, -0.1) is 5.10 Å². The van der Waals surface area contributed by atoms with E-state index in [9.17, 15) is 14.7 Å². The van der Waals surface area contributed by atoms with Crippen molar-refractivity contribution >= 4 is 39.6 Å². The molecule has 1 saturated carbocycles. The van der Waals surface area contributed by atoms with E-state index in [0.717, 1.165) is 47.9 Å². The minimum Gasteiger partial charge on any atom is -0.394 e. The molecule has 10 nitrogen and oxygen atoms in total. The van der Waals surface area contributed by atoms with Gasteiger partial charge in [-0.3, -0.25) is 18.9 Å². The second-order valence-corrected chi connectivity index (χ2v) is 10.8. The van der Waals surface area contributed by atoms with Gasteiger partial charge in [0, 0.05) is 18.8 Å². The molecule has 0 saturated heterocycles. The normalized spacial score (nSPS) is 17.5. The van der Waals surface area contributed by atoms with Crippen molar-refractivity contribution in [2.24, 2.45) is 5.92 Å². The molecule has 0 atom stereocenters. The summed E-state index contributed by atoms with van der Waals surface area (Å²) >= 11 is 6.05. The lowest BCUT2D eigenvalue weighted by Gasteiger charge is -2.29. The van der Waals surface area contributed by atoms with Gasteiger partial charge in [-0.2, -0.15) is 0 Å². The first-order chi connectivity index (χ1) is 19.4. The van der Waals surface area contributed by atoms with E-state index in [1.807, 2.05) is 47.0 Å². The highest BCUT2D eigenvalue weighted by Gasteiger charge is 2.26. The summed E-state index contributed by atoms with van der Waals surface area (Å²) in [5.41, 5.74) is 4.97. The van der Waals surface area contributed by atoms with E-state index in [4.69, 9.17) is 11.6 Å². The van der Waals surface area contributed by atoms with Crippen molar-refractivity contribution in [1.29, 1.82) is 0 Å². The molecule has 5 aromatic rings. The SMILES string of the molecule is Cc1ncc(Cl)cc1C(=O)NC1CCC(Cn2c(=O)n(-c3ccc4c(c3)nnn4CCO)c3ccccc32)CC1. The van der Waals surface area contributed by atoms with Crippen LogP contribution in [-0.2, 0) is 13.1 Å². The molecule has 6 rings (SSSR count). The third-order valence-corrected chi connectivity index (χ3v) is 8.03. The molecule has 1 aliphatic rings. The molecule has 40 heavy (non-hydrogen) atoms. The zero-order chi connectivity index (χ0) is 27.8. The van der Waals surface area contributed by atoms with E-state index in [0.29, 0.717) is 40.8 Å². The Hall–Kier alpha value is -4.02. The van der Waals surface area contributed by atoms with Gasteiger partial charge in [0.2, 0.25) is 0 Å². The number of carbonyl (C=O) groups excluding carboxylic acids is 1. The average molecular weight is 560 g/mol. The van der Waals surface area contributed by atoms with Gasteiger partial charge < -0.3 is 10.4 Å². The van der Waals surface area contributed by atoms with E-state index >= 15 is 0 Å². The molecule has 3 heterocycles. The summed E-state index contributed by atoms with van der Waals surface area (Å²) in [7, 11) is 0. The zero-order valence-corrected chi connectivity index (χ0v) is 22.9. The molecule has 2 aromatic carbocycles. The van der Waals surface area contributed by atoms with Crippen LogP contribution in [0, 0.1) is 12.8 Å². The lowest BCUT2D eigenvalue weighted by Crippen LogP contribution is -2.39. The minimum atomic E-state index is -0.149. The number of nitrogens with one attached hydrogen (secondary N) is 1. The summed E-state index contributed by atoms with van der Waals surface area (Å²) in [5.74, 6) is 0.171. The van der Waals surface area contributed by atoms with Crippen LogP contribution in [0.25, 0.3) is 27.8 Å². The highest BCUT2D eigenvalue weighted by atomic mass is 35.5. The highest BCUT2D eigenvalue weighted by molar-refractivity contribution is 6.30. The predicted molar refractivity (Wildman–Crippen MR) is 153 cm³/mol. The topological polar surface area (TPSA) is 120 Å². The van der Waals surface area contributed by atoms with E-state index in [2.05, 4.69) is 20.6 Å². The van der Waals surface area contributed by atoms with E-state index in [1.165, 1.54) is 0 Å². The Balaban J connectivity index is 1.20. The Kier molecular flexibility index (Phi) is 7.12. The number of imidazole rings is 1. The molecule has 11 heteroatoms. The summed E-state index contributed by atoms with van der Waals surface area (Å²) in [6.07, 6.45) is 5.04. The minimum absolute atomic E-state index is 0.0273.